The highest BCUT2D eigenvalue weighted by atomic mass is 32.2. The third-order valence-corrected chi connectivity index (χ3v) is 6.38. The van der Waals surface area contributed by atoms with Crippen molar-refractivity contribution in [1.29, 1.82) is 0 Å². The number of amides is 1. The minimum absolute atomic E-state index is 0.105. The number of hydrogen-bond acceptors (Lipinski definition) is 4. The van der Waals surface area contributed by atoms with Gasteiger partial charge >= 0.3 is 5.97 Å². The Morgan fingerprint density at radius 1 is 1.16 bits per heavy atom. The molecule has 1 aliphatic carbocycles. The molecule has 0 saturated heterocycles. The molecule has 1 amide bonds. The highest BCUT2D eigenvalue weighted by Gasteiger charge is 2.40. The Hall–Kier alpha value is -2.61. The zero-order chi connectivity index (χ0) is 17.8. The van der Waals surface area contributed by atoms with Gasteiger partial charge in [0.1, 0.15) is 13.1 Å². The van der Waals surface area contributed by atoms with E-state index in [0.29, 0.717) is 11.1 Å². The van der Waals surface area contributed by atoms with Crippen molar-refractivity contribution in [1.82, 2.24) is 4.90 Å². The zero-order valence-corrected chi connectivity index (χ0v) is 14.1. The van der Waals surface area contributed by atoms with Gasteiger partial charge < -0.3 is 10.0 Å². The van der Waals surface area contributed by atoms with Crippen molar-refractivity contribution < 1.29 is 23.1 Å². The first-order chi connectivity index (χ1) is 11.9. The minimum atomic E-state index is -3.82. The van der Waals surface area contributed by atoms with Crippen molar-refractivity contribution in [2.75, 3.05) is 17.4 Å². The average molecular weight is 360 g/mol. The van der Waals surface area contributed by atoms with Gasteiger partial charge in [-0.25, -0.2) is 8.42 Å². The summed E-state index contributed by atoms with van der Waals surface area (Å²) in [6.07, 6.45) is 1.50. The molecule has 0 spiro atoms. The number of aliphatic carboxylic acids is 1. The molecule has 2 aromatic carbocycles. The Bertz CT molecular complexity index is 992. The van der Waals surface area contributed by atoms with E-state index in [9.17, 15) is 18.0 Å². The van der Waals surface area contributed by atoms with Crippen LogP contribution in [0.3, 0.4) is 0 Å². The van der Waals surface area contributed by atoms with E-state index >= 15 is 0 Å². The molecule has 0 bridgehead atoms. The summed E-state index contributed by atoms with van der Waals surface area (Å²) in [6, 6.07) is 10.2. The fourth-order valence-electron chi connectivity index (χ4n) is 3.30. The molecule has 25 heavy (non-hydrogen) atoms. The van der Waals surface area contributed by atoms with Crippen LogP contribution < -0.4 is 4.31 Å². The maximum absolute atomic E-state index is 12.9. The summed E-state index contributed by atoms with van der Waals surface area (Å²) in [7, 11) is -3.82. The third-order valence-electron chi connectivity index (χ3n) is 4.57. The predicted octanol–water partition coefficient (Wildman–Crippen LogP) is 1.42. The smallest absolute Gasteiger partial charge is 0.323 e. The van der Waals surface area contributed by atoms with Crippen LogP contribution in [0.5, 0.6) is 0 Å². The molecule has 1 heterocycles. The SMILES string of the molecule is O=C(O)CN(C(=O)CN1c2cccc3cccc(c23)S1(=O)=O)C1CC1. The molecule has 130 valence electrons. The van der Waals surface area contributed by atoms with Gasteiger partial charge in [-0.15, -0.1) is 0 Å². The molecule has 1 fully saturated rings. The number of sulfonamides is 1. The Morgan fingerprint density at radius 3 is 2.48 bits per heavy atom. The first-order valence-electron chi connectivity index (χ1n) is 7.95. The second kappa shape index (κ2) is 5.45. The van der Waals surface area contributed by atoms with Gasteiger partial charge in [0.15, 0.2) is 0 Å². The molecule has 1 saturated carbocycles. The number of rotatable bonds is 5. The Labute approximate surface area is 144 Å². The molecule has 2 aromatic rings. The Kier molecular flexibility index (Phi) is 3.47. The Morgan fingerprint density at radius 2 is 1.84 bits per heavy atom. The van der Waals surface area contributed by atoms with Crippen LogP contribution in [0.15, 0.2) is 41.3 Å². The van der Waals surface area contributed by atoms with Crippen LogP contribution in [0, 0.1) is 0 Å². The largest absolute Gasteiger partial charge is 0.480 e. The van der Waals surface area contributed by atoms with Crippen LogP contribution in [0.1, 0.15) is 12.8 Å². The molecule has 7 nitrogen and oxygen atoms in total. The number of carbonyl (C=O) groups is 2. The molecule has 4 rings (SSSR count). The number of hydrogen-bond donors (Lipinski definition) is 1. The molecular formula is C17H16N2O5S. The van der Waals surface area contributed by atoms with Gasteiger partial charge in [0.05, 0.1) is 10.6 Å². The predicted molar refractivity (Wildman–Crippen MR) is 90.9 cm³/mol. The Balaban J connectivity index is 1.71. The van der Waals surface area contributed by atoms with Crippen molar-refractivity contribution in [3.8, 4) is 0 Å². The zero-order valence-electron chi connectivity index (χ0n) is 13.3. The normalized spacial score (nSPS) is 17.7. The summed E-state index contributed by atoms with van der Waals surface area (Å²) in [5.41, 5.74) is 0.465. The summed E-state index contributed by atoms with van der Waals surface area (Å²) in [4.78, 5) is 25.1. The van der Waals surface area contributed by atoms with E-state index in [0.717, 1.165) is 22.5 Å². The van der Waals surface area contributed by atoms with E-state index in [1.165, 1.54) is 11.0 Å². The van der Waals surface area contributed by atoms with Crippen molar-refractivity contribution in [3.05, 3.63) is 36.4 Å². The van der Waals surface area contributed by atoms with Gasteiger partial charge in [0.2, 0.25) is 5.91 Å². The lowest BCUT2D eigenvalue weighted by atomic mass is 10.1. The van der Waals surface area contributed by atoms with E-state index < -0.39 is 28.4 Å². The van der Waals surface area contributed by atoms with Crippen molar-refractivity contribution in [2.45, 2.75) is 23.8 Å². The second-order valence-corrected chi connectivity index (χ2v) is 8.12. The molecule has 2 aliphatic rings. The lowest BCUT2D eigenvalue weighted by Gasteiger charge is -2.24. The summed E-state index contributed by atoms with van der Waals surface area (Å²) in [5.74, 6) is -1.59. The summed E-state index contributed by atoms with van der Waals surface area (Å²) < 4.78 is 26.8. The van der Waals surface area contributed by atoms with E-state index in [-0.39, 0.29) is 17.5 Å². The highest BCUT2D eigenvalue weighted by Crippen LogP contribution is 2.42. The fourth-order valence-corrected chi connectivity index (χ4v) is 4.95. The number of nitrogens with zero attached hydrogens (tertiary/aromatic N) is 2. The van der Waals surface area contributed by atoms with E-state index in [4.69, 9.17) is 5.11 Å². The van der Waals surface area contributed by atoms with Crippen LogP contribution in [-0.2, 0) is 19.6 Å². The standard InChI is InChI=1S/C17H16N2O5S/c20-15(18(10-16(21)22)12-7-8-12)9-19-13-5-1-3-11-4-2-6-14(17(11)13)25(19,23)24/h1-6,12H,7-10H2,(H,21,22). The fraction of sp³-hybridized carbons (Fsp3) is 0.294. The molecule has 1 aliphatic heterocycles. The molecular weight excluding hydrogens is 344 g/mol. The topological polar surface area (TPSA) is 95.0 Å². The van der Waals surface area contributed by atoms with Crippen LogP contribution in [0.2, 0.25) is 0 Å². The molecule has 8 heteroatoms. The maximum atomic E-state index is 12.9. The van der Waals surface area contributed by atoms with E-state index in [1.807, 2.05) is 12.1 Å². The first kappa shape index (κ1) is 15.9. The van der Waals surface area contributed by atoms with Crippen LogP contribution in [0.4, 0.5) is 5.69 Å². The molecule has 0 atom stereocenters. The number of carboxylic acid groups (broad SMARTS) is 1. The molecule has 0 aromatic heterocycles. The number of carbonyl (C=O) groups excluding carboxylic acids is 1. The monoisotopic (exact) mass is 360 g/mol. The average Bonchev–Trinajstić information content (AvgIpc) is 3.37. The van der Waals surface area contributed by atoms with Gasteiger partial charge in [0.25, 0.3) is 10.0 Å². The van der Waals surface area contributed by atoms with Crippen LogP contribution in [-0.4, -0.2) is 49.4 Å². The molecule has 1 N–H and O–H groups in total. The van der Waals surface area contributed by atoms with Gasteiger partial charge in [0, 0.05) is 11.4 Å². The highest BCUT2D eigenvalue weighted by molar-refractivity contribution is 7.93. The summed E-state index contributed by atoms with van der Waals surface area (Å²) in [5, 5.41) is 10.4. The van der Waals surface area contributed by atoms with E-state index in [1.54, 1.807) is 18.2 Å². The minimum Gasteiger partial charge on any atom is -0.480 e. The van der Waals surface area contributed by atoms with Crippen molar-refractivity contribution in [2.24, 2.45) is 0 Å². The number of anilines is 1. The van der Waals surface area contributed by atoms with Gasteiger partial charge in [-0.1, -0.05) is 24.3 Å². The first-order valence-corrected chi connectivity index (χ1v) is 9.39. The van der Waals surface area contributed by atoms with E-state index in [2.05, 4.69) is 0 Å². The van der Waals surface area contributed by atoms with Crippen molar-refractivity contribution >= 4 is 38.4 Å². The summed E-state index contributed by atoms with van der Waals surface area (Å²) in [6.45, 7) is -0.797. The van der Waals surface area contributed by atoms with Crippen LogP contribution >= 0.6 is 0 Å². The van der Waals surface area contributed by atoms with Crippen molar-refractivity contribution in [3.63, 3.8) is 0 Å². The molecule has 0 radical (unpaired) electrons. The second-order valence-electron chi connectivity index (χ2n) is 6.29. The number of benzene rings is 2. The molecule has 0 unspecified atom stereocenters. The van der Waals surface area contributed by atoms with Gasteiger partial charge in [-0.2, -0.15) is 0 Å². The third kappa shape index (κ3) is 2.53. The number of carboxylic acids is 1. The summed E-state index contributed by atoms with van der Waals surface area (Å²) >= 11 is 0. The lowest BCUT2D eigenvalue weighted by Crippen LogP contribution is -2.44. The van der Waals surface area contributed by atoms with Gasteiger partial charge in [-0.05, 0) is 30.4 Å². The maximum Gasteiger partial charge on any atom is 0.323 e. The van der Waals surface area contributed by atoms with Crippen LogP contribution in [0.25, 0.3) is 10.8 Å². The quantitative estimate of drug-likeness (QED) is 0.870. The van der Waals surface area contributed by atoms with Gasteiger partial charge in [-0.3, -0.25) is 13.9 Å². The lowest BCUT2D eigenvalue weighted by molar-refractivity contribution is -0.144.